The molecule has 2 rings (SSSR count). The lowest BCUT2D eigenvalue weighted by atomic mass is 10.1. The number of methoxy groups -OCH3 is 1. The van der Waals surface area contributed by atoms with Crippen molar-refractivity contribution in [1.29, 1.82) is 0 Å². The van der Waals surface area contributed by atoms with Gasteiger partial charge in [-0.1, -0.05) is 11.6 Å². The van der Waals surface area contributed by atoms with E-state index in [1.165, 1.54) is 18.2 Å². The van der Waals surface area contributed by atoms with Gasteiger partial charge in [0.05, 0.1) is 29.4 Å². The van der Waals surface area contributed by atoms with Gasteiger partial charge in [-0.15, -0.1) is 0 Å². The van der Waals surface area contributed by atoms with Gasteiger partial charge < -0.3 is 9.64 Å². The van der Waals surface area contributed by atoms with Gasteiger partial charge in [0, 0.05) is 13.0 Å². The number of pyridine rings is 1. The Labute approximate surface area is 117 Å². The van der Waals surface area contributed by atoms with Gasteiger partial charge in [-0.05, 0) is 22.0 Å². The molecule has 1 aliphatic rings. The van der Waals surface area contributed by atoms with Crippen molar-refractivity contribution >= 4 is 45.1 Å². The molecule has 0 bridgehead atoms. The van der Waals surface area contributed by atoms with Crippen LogP contribution >= 0.6 is 27.5 Å². The van der Waals surface area contributed by atoms with Crippen molar-refractivity contribution in [3.05, 3.63) is 21.9 Å². The maximum Gasteiger partial charge on any atom is 0.311 e. The normalized spacial score (nSPS) is 19.2. The average molecular weight is 334 g/mol. The fraction of sp³-hybridized carbons (Fsp3) is 0.364. The lowest BCUT2D eigenvalue weighted by Crippen LogP contribution is -2.26. The summed E-state index contributed by atoms with van der Waals surface area (Å²) in [5.74, 6) is -0.912. The third-order valence-electron chi connectivity index (χ3n) is 2.75. The third-order valence-corrected chi connectivity index (χ3v) is 3.89. The summed E-state index contributed by atoms with van der Waals surface area (Å²) < 4.78 is 5.25. The summed E-state index contributed by atoms with van der Waals surface area (Å²) in [6.07, 6.45) is 1.66. The first-order chi connectivity index (χ1) is 8.52. The van der Waals surface area contributed by atoms with Crippen LogP contribution in [0.2, 0.25) is 5.15 Å². The third kappa shape index (κ3) is 2.49. The van der Waals surface area contributed by atoms with E-state index in [1.807, 2.05) is 0 Å². The molecule has 0 N–H and O–H groups in total. The number of aromatic nitrogens is 1. The van der Waals surface area contributed by atoms with Crippen LogP contribution in [0, 0.1) is 5.92 Å². The van der Waals surface area contributed by atoms with Gasteiger partial charge in [0.15, 0.2) is 0 Å². The Balaban J connectivity index is 2.21. The molecular weight excluding hydrogens is 323 g/mol. The Kier molecular flexibility index (Phi) is 3.87. The van der Waals surface area contributed by atoms with Crippen molar-refractivity contribution < 1.29 is 14.3 Å². The Morgan fingerprint density at radius 2 is 2.39 bits per heavy atom. The number of carbonyl (C=O) groups is 2. The topological polar surface area (TPSA) is 59.5 Å². The van der Waals surface area contributed by atoms with Gasteiger partial charge in [0.2, 0.25) is 5.91 Å². The van der Waals surface area contributed by atoms with Crippen LogP contribution in [-0.4, -0.2) is 30.5 Å². The van der Waals surface area contributed by atoms with Crippen LogP contribution in [0.15, 0.2) is 16.7 Å². The predicted octanol–water partition coefficient (Wildman–Crippen LogP) is 2.02. The standard InChI is InChI=1S/C11H10BrClN2O3/c1-18-11(17)6-2-9(16)15(5-6)7-3-8(12)10(13)14-4-7/h3-4,6H,2,5H2,1H3. The van der Waals surface area contributed by atoms with Crippen molar-refractivity contribution in [2.24, 2.45) is 5.92 Å². The van der Waals surface area contributed by atoms with E-state index in [4.69, 9.17) is 11.6 Å². The van der Waals surface area contributed by atoms with Gasteiger partial charge in [-0.2, -0.15) is 0 Å². The molecule has 1 saturated heterocycles. The lowest BCUT2D eigenvalue weighted by Gasteiger charge is -2.16. The van der Waals surface area contributed by atoms with Gasteiger partial charge in [0.1, 0.15) is 5.15 Å². The number of carbonyl (C=O) groups excluding carboxylic acids is 2. The molecule has 0 aliphatic carbocycles. The number of anilines is 1. The summed E-state index contributed by atoms with van der Waals surface area (Å²) in [5.41, 5.74) is 0.614. The molecular formula is C11H10BrClN2O3. The summed E-state index contributed by atoms with van der Waals surface area (Å²) in [6.45, 7) is 0.307. The summed E-state index contributed by atoms with van der Waals surface area (Å²) in [4.78, 5) is 28.7. The van der Waals surface area contributed by atoms with E-state index >= 15 is 0 Å². The molecule has 1 aromatic rings. The number of rotatable bonds is 2. The number of ether oxygens (including phenoxy) is 1. The molecule has 1 aromatic heterocycles. The minimum absolute atomic E-state index is 0.124. The number of hydrogen-bond acceptors (Lipinski definition) is 4. The first-order valence-electron chi connectivity index (χ1n) is 5.22. The molecule has 1 atom stereocenters. The van der Waals surface area contributed by atoms with E-state index < -0.39 is 5.92 Å². The van der Waals surface area contributed by atoms with Gasteiger partial charge in [-0.3, -0.25) is 9.59 Å². The van der Waals surface area contributed by atoms with Crippen LogP contribution in [0.1, 0.15) is 6.42 Å². The second-order valence-electron chi connectivity index (χ2n) is 3.89. The SMILES string of the molecule is COC(=O)C1CC(=O)N(c2cnc(Cl)c(Br)c2)C1. The van der Waals surface area contributed by atoms with Crippen molar-refractivity contribution in [2.75, 3.05) is 18.6 Å². The van der Waals surface area contributed by atoms with E-state index in [0.717, 1.165) is 0 Å². The van der Waals surface area contributed by atoms with Gasteiger partial charge in [0.25, 0.3) is 0 Å². The highest BCUT2D eigenvalue weighted by atomic mass is 79.9. The summed E-state index contributed by atoms with van der Waals surface area (Å²) in [5, 5.41) is 0.329. The first-order valence-corrected chi connectivity index (χ1v) is 6.39. The molecule has 1 unspecified atom stereocenters. The molecule has 0 radical (unpaired) electrons. The zero-order valence-corrected chi connectivity index (χ0v) is 11.9. The number of hydrogen-bond donors (Lipinski definition) is 0. The predicted molar refractivity (Wildman–Crippen MR) is 69.4 cm³/mol. The van der Waals surface area contributed by atoms with Gasteiger partial charge >= 0.3 is 5.97 Å². The van der Waals surface area contributed by atoms with Crippen molar-refractivity contribution in [1.82, 2.24) is 4.98 Å². The lowest BCUT2D eigenvalue weighted by molar-refractivity contribution is -0.145. The van der Waals surface area contributed by atoms with E-state index in [2.05, 4.69) is 25.7 Å². The maximum absolute atomic E-state index is 11.8. The highest BCUT2D eigenvalue weighted by Gasteiger charge is 2.36. The largest absolute Gasteiger partial charge is 0.469 e. The zero-order chi connectivity index (χ0) is 13.3. The fourth-order valence-electron chi connectivity index (χ4n) is 1.84. The maximum atomic E-state index is 11.8. The summed E-state index contributed by atoms with van der Waals surface area (Å²) in [7, 11) is 1.32. The first kappa shape index (κ1) is 13.3. The Hall–Kier alpha value is -1.14. The molecule has 0 aromatic carbocycles. The quantitative estimate of drug-likeness (QED) is 0.614. The Morgan fingerprint density at radius 1 is 1.67 bits per heavy atom. The molecule has 5 nitrogen and oxygen atoms in total. The molecule has 7 heteroatoms. The molecule has 2 heterocycles. The smallest absolute Gasteiger partial charge is 0.311 e. The second-order valence-corrected chi connectivity index (χ2v) is 5.11. The van der Waals surface area contributed by atoms with E-state index in [9.17, 15) is 9.59 Å². The molecule has 1 aliphatic heterocycles. The van der Waals surface area contributed by atoms with Crippen LogP contribution in [0.4, 0.5) is 5.69 Å². The molecule has 1 amide bonds. The average Bonchev–Trinajstić information content (AvgIpc) is 2.74. The number of amides is 1. The highest BCUT2D eigenvalue weighted by molar-refractivity contribution is 9.10. The van der Waals surface area contributed by atoms with E-state index in [0.29, 0.717) is 21.9 Å². The molecule has 0 spiro atoms. The zero-order valence-electron chi connectivity index (χ0n) is 9.52. The number of nitrogens with zero attached hydrogens (tertiary/aromatic N) is 2. The van der Waals surface area contributed by atoms with Gasteiger partial charge in [-0.25, -0.2) is 4.98 Å². The van der Waals surface area contributed by atoms with Crippen LogP contribution in [0.3, 0.4) is 0 Å². The van der Waals surface area contributed by atoms with E-state index in [-0.39, 0.29) is 18.3 Å². The Morgan fingerprint density at radius 3 is 3.00 bits per heavy atom. The monoisotopic (exact) mass is 332 g/mol. The van der Waals surface area contributed by atoms with Crippen molar-refractivity contribution in [2.45, 2.75) is 6.42 Å². The van der Waals surface area contributed by atoms with E-state index in [1.54, 1.807) is 6.07 Å². The fourth-order valence-corrected chi connectivity index (χ4v) is 2.28. The van der Waals surface area contributed by atoms with Crippen LogP contribution < -0.4 is 4.90 Å². The van der Waals surface area contributed by atoms with Crippen LogP contribution in [0.25, 0.3) is 0 Å². The molecule has 96 valence electrons. The summed E-state index contributed by atoms with van der Waals surface area (Å²) >= 11 is 9.04. The second kappa shape index (κ2) is 5.24. The minimum atomic E-state index is -0.419. The molecule has 18 heavy (non-hydrogen) atoms. The van der Waals surface area contributed by atoms with Crippen LogP contribution in [0.5, 0.6) is 0 Å². The minimum Gasteiger partial charge on any atom is -0.469 e. The molecule has 0 saturated carbocycles. The number of halogens is 2. The Bertz CT molecular complexity index is 509. The van der Waals surface area contributed by atoms with Crippen LogP contribution in [-0.2, 0) is 14.3 Å². The summed E-state index contributed by atoms with van der Waals surface area (Å²) in [6, 6.07) is 1.70. The van der Waals surface area contributed by atoms with Crippen molar-refractivity contribution in [3.63, 3.8) is 0 Å². The highest BCUT2D eigenvalue weighted by Crippen LogP contribution is 2.29. The van der Waals surface area contributed by atoms with Crippen molar-refractivity contribution in [3.8, 4) is 0 Å². The molecule has 1 fully saturated rings. The number of esters is 1.